The maximum absolute atomic E-state index is 6.10. The largest absolute Gasteiger partial charge is 0.487 e. The average molecular weight is 286 g/mol. The van der Waals surface area contributed by atoms with E-state index < -0.39 is 0 Å². The van der Waals surface area contributed by atoms with Crippen molar-refractivity contribution >= 4 is 11.6 Å². The van der Waals surface area contributed by atoms with Crippen molar-refractivity contribution in [3.05, 3.63) is 64.2 Å². The number of nitrogens with two attached hydrogens (primary N) is 1. The van der Waals surface area contributed by atoms with Crippen LogP contribution in [-0.2, 0) is 6.61 Å². The maximum Gasteiger partial charge on any atom is 0.138 e. The highest BCUT2D eigenvalue weighted by molar-refractivity contribution is 6.32. The molecular weight excluding hydrogens is 270 g/mol. The van der Waals surface area contributed by atoms with Gasteiger partial charge in [-0.1, -0.05) is 41.6 Å². The van der Waals surface area contributed by atoms with Gasteiger partial charge in [0.05, 0.1) is 11.6 Å². The summed E-state index contributed by atoms with van der Waals surface area (Å²) < 4.78 is 5.76. The Hall–Kier alpha value is -1.95. The van der Waals surface area contributed by atoms with E-state index in [9.17, 15) is 0 Å². The van der Waals surface area contributed by atoms with Crippen molar-refractivity contribution in [1.82, 2.24) is 0 Å². The molecule has 2 aromatic carbocycles. The molecule has 0 fully saturated rings. The number of aryl methyl sites for hydroxylation is 1. The molecule has 102 valence electrons. The molecule has 0 heterocycles. The quantitative estimate of drug-likeness (QED) is 0.876. The van der Waals surface area contributed by atoms with Gasteiger partial charge in [0, 0.05) is 5.56 Å². The molecule has 2 nitrogen and oxygen atoms in total. The molecule has 0 aliphatic rings. The highest BCUT2D eigenvalue weighted by Crippen LogP contribution is 2.26. The molecule has 0 aliphatic carbocycles. The Bertz CT molecular complexity index is 656. The number of ether oxygens (including phenoxy) is 1. The van der Waals surface area contributed by atoms with E-state index in [1.54, 1.807) is 0 Å². The van der Waals surface area contributed by atoms with Gasteiger partial charge in [0.25, 0.3) is 0 Å². The Labute approximate surface area is 124 Å². The Morgan fingerprint density at radius 2 is 2.05 bits per heavy atom. The van der Waals surface area contributed by atoms with Crippen LogP contribution in [0.1, 0.15) is 16.7 Å². The van der Waals surface area contributed by atoms with Crippen LogP contribution in [0.25, 0.3) is 0 Å². The van der Waals surface area contributed by atoms with Gasteiger partial charge in [0.1, 0.15) is 12.4 Å². The van der Waals surface area contributed by atoms with Gasteiger partial charge in [-0.25, -0.2) is 0 Å². The van der Waals surface area contributed by atoms with Crippen LogP contribution in [0.2, 0.25) is 5.02 Å². The Morgan fingerprint density at radius 3 is 2.85 bits per heavy atom. The van der Waals surface area contributed by atoms with E-state index in [2.05, 4.69) is 11.8 Å². The molecular formula is C17H16ClNO. The van der Waals surface area contributed by atoms with Gasteiger partial charge < -0.3 is 10.5 Å². The van der Waals surface area contributed by atoms with E-state index in [0.717, 1.165) is 16.7 Å². The summed E-state index contributed by atoms with van der Waals surface area (Å²) in [5.41, 5.74) is 8.47. The molecule has 0 amide bonds. The van der Waals surface area contributed by atoms with Crippen LogP contribution in [0.5, 0.6) is 5.75 Å². The fraction of sp³-hybridized carbons (Fsp3) is 0.176. The number of rotatable bonds is 3. The maximum atomic E-state index is 6.10. The van der Waals surface area contributed by atoms with Crippen molar-refractivity contribution in [2.45, 2.75) is 13.5 Å². The summed E-state index contributed by atoms with van der Waals surface area (Å²) in [7, 11) is 0. The van der Waals surface area contributed by atoms with Crippen LogP contribution < -0.4 is 10.5 Å². The third-order valence-corrected chi connectivity index (χ3v) is 3.06. The zero-order valence-electron chi connectivity index (χ0n) is 11.3. The SMILES string of the molecule is Cc1ccc(Cl)c(OCc2cccc(C#CCN)c2)c1. The number of benzene rings is 2. The summed E-state index contributed by atoms with van der Waals surface area (Å²) in [5, 5.41) is 0.620. The Morgan fingerprint density at radius 1 is 1.20 bits per heavy atom. The van der Waals surface area contributed by atoms with Gasteiger partial charge in [0.2, 0.25) is 0 Å². The minimum atomic E-state index is 0.361. The highest BCUT2D eigenvalue weighted by atomic mass is 35.5. The van der Waals surface area contributed by atoms with E-state index in [1.807, 2.05) is 49.4 Å². The van der Waals surface area contributed by atoms with Crippen molar-refractivity contribution in [3.8, 4) is 17.6 Å². The van der Waals surface area contributed by atoms with Gasteiger partial charge in [-0.05, 0) is 42.3 Å². The van der Waals surface area contributed by atoms with E-state index in [0.29, 0.717) is 23.9 Å². The number of hydrogen-bond acceptors (Lipinski definition) is 2. The molecule has 2 rings (SSSR count). The standard InChI is InChI=1S/C17H16ClNO/c1-13-7-8-16(18)17(10-13)20-12-15-5-2-4-14(11-15)6-3-9-19/h2,4-5,7-8,10-11H,9,12,19H2,1H3. The summed E-state index contributed by atoms with van der Waals surface area (Å²) >= 11 is 6.10. The fourth-order valence-corrected chi connectivity index (χ4v) is 1.95. The number of halogens is 1. The van der Waals surface area contributed by atoms with E-state index >= 15 is 0 Å². The molecule has 2 aromatic rings. The smallest absolute Gasteiger partial charge is 0.138 e. The first-order valence-corrected chi connectivity index (χ1v) is 6.73. The lowest BCUT2D eigenvalue weighted by Crippen LogP contribution is -1.97. The molecule has 0 unspecified atom stereocenters. The normalized spacial score (nSPS) is 9.75. The summed E-state index contributed by atoms with van der Waals surface area (Å²) in [5.74, 6) is 6.54. The van der Waals surface area contributed by atoms with Gasteiger partial charge in [-0.3, -0.25) is 0 Å². The molecule has 0 atom stereocenters. The molecule has 0 aliphatic heterocycles. The second-order valence-electron chi connectivity index (χ2n) is 4.43. The monoisotopic (exact) mass is 285 g/mol. The Kier molecular flexibility index (Phi) is 5.06. The lowest BCUT2D eigenvalue weighted by Gasteiger charge is -2.09. The van der Waals surface area contributed by atoms with Crippen LogP contribution in [0.3, 0.4) is 0 Å². The van der Waals surface area contributed by atoms with Crippen LogP contribution in [0.15, 0.2) is 42.5 Å². The fourth-order valence-electron chi connectivity index (χ4n) is 1.77. The van der Waals surface area contributed by atoms with Crippen molar-refractivity contribution < 1.29 is 4.74 Å². The molecule has 0 spiro atoms. The predicted molar refractivity (Wildman–Crippen MR) is 82.9 cm³/mol. The second kappa shape index (κ2) is 7.00. The summed E-state index contributed by atoms with van der Waals surface area (Å²) in [4.78, 5) is 0. The van der Waals surface area contributed by atoms with E-state index in [-0.39, 0.29) is 0 Å². The zero-order valence-corrected chi connectivity index (χ0v) is 12.1. The molecule has 0 saturated heterocycles. The predicted octanol–water partition coefficient (Wildman–Crippen LogP) is 3.54. The van der Waals surface area contributed by atoms with Crippen LogP contribution in [0.4, 0.5) is 0 Å². The van der Waals surface area contributed by atoms with Gasteiger partial charge in [0.15, 0.2) is 0 Å². The van der Waals surface area contributed by atoms with Crippen molar-refractivity contribution in [1.29, 1.82) is 0 Å². The second-order valence-corrected chi connectivity index (χ2v) is 4.84. The van der Waals surface area contributed by atoms with Crippen LogP contribution in [-0.4, -0.2) is 6.54 Å². The van der Waals surface area contributed by atoms with Crippen molar-refractivity contribution in [2.75, 3.05) is 6.54 Å². The molecule has 20 heavy (non-hydrogen) atoms. The Balaban J connectivity index is 2.09. The first-order valence-electron chi connectivity index (χ1n) is 6.36. The summed E-state index contributed by atoms with van der Waals surface area (Å²) in [6, 6.07) is 13.6. The van der Waals surface area contributed by atoms with Crippen molar-refractivity contribution in [2.24, 2.45) is 5.73 Å². The average Bonchev–Trinajstić information content (AvgIpc) is 2.46. The van der Waals surface area contributed by atoms with Gasteiger partial charge in [-0.2, -0.15) is 0 Å². The molecule has 2 N–H and O–H groups in total. The van der Waals surface area contributed by atoms with Crippen LogP contribution in [0, 0.1) is 18.8 Å². The molecule has 0 radical (unpaired) electrons. The first kappa shape index (κ1) is 14.5. The topological polar surface area (TPSA) is 35.2 Å². The first-order chi connectivity index (χ1) is 9.69. The van der Waals surface area contributed by atoms with Gasteiger partial charge in [-0.15, -0.1) is 0 Å². The third-order valence-electron chi connectivity index (χ3n) is 2.74. The summed E-state index contributed by atoms with van der Waals surface area (Å²) in [6.07, 6.45) is 0. The molecule has 0 saturated carbocycles. The minimum Gasteiger partial charge on any atom is -0.487 e. The summed E-state index contributed by atoms with van der Waals surface area (Å²) in [6.45, 7) is 2.83. The molecule has 3 heteroatoms. The third kappa shape index (κ3) is 4.03. The van der Waals surface area contributed by atoms with Crippen molar-refractivity contribution in [3.63, 3.8) is 0 Å². The van der Waals surface area contributed by atoms with E-state index in [1.165, 1.54) is 0 Å². The molecule has 0 bridgehead atoms. The minimum absolute atomic E-state index is 0.361. The highest BCUT2D eigenvalue weighted by Gasteiger charge is 2.02. The number of hydrogen-bond donors (Lipinski definition) is 1. The van der Waals surface area contributed by atoms with E-state index in [4.69, 9.17) is 22.1 Å². The molecule has 0 aromatic heterocycles. The zero-order chi connectivity index (χ0) is 14.4. The van der Waals surface area contributed by atoms with Gasteiger partial charge >= 0.3 is 0 Å². The lowest BCUT2D eigenvalue weighted by molar-refractivity contribution is 0.306. The van der Waals surface area contributed by atoms with Crippen LogP contribution >= 0.6 is 11.6 Å². The lowest BCUT2D eigenvalue weighted by atomic mass is 10.1.